The lowest BCUT2D eigenvalue weighted by Gasteiger charge is -2.23. The fourth-order valence-corrected chi connectivity index (χ4v) is 1.35. The van der Waals surface area contributed by atoms with Gasteiger partial charge in [0.15, 0.2) is 6.10 Å². The van der Waals surface area contributed by atoms with Crippen molar-refractivity contribution in [2.24, 2.45) is 0 Å². The molecule has 1 aromatic rings. The van der Waals surface area contributed by atoms with Crippen LogP contribution < -0.4 is 5.32 Å². The molecule has 1 rings (SSSR count). The molecule has 2 N–H and O–H groups in total. The van der Waals surface area contributed by atoms with Crippen LogP contribution in [0.1, 0.15) is 32.4 Å². The molecular weight excluding hydrogens is 237 g/mol. The van der Waals surface area contributed by atoms with Crippen molar-refractivity contribution in [3.63, 3.8) is 0 Å². The summed E-state index contributed by atoms with van der Waals surface area (Å²) in [6, 6.07) is 5.45. The Kier molecular flexibility index (Phi) is 4.67. The van der Waals surface area contributed by atoms with Crippen molar-refractivity contribution in [1.29, 1.82) is 0 Å². The normalized spacial score (nSPS) is 12.9. The second-order valence-corrected chi connectivity index (χ2v) is 5.00. The number of hydrogen-bond acceptors (Lipinski definition) is 3. The van der Waals surface area contributed by atoms with Gasteiger partial charge in [0.05, 0.1) is 6.61 Å². The second kappa shape index (κ2) is 5.82. The predicted octanol–water partition coefficient (Wildman–Crippen LogP) is 2.38. The zero-order valence-corrected chi connectivity index (χ0v) is 10.7. The first-order valence-electron chi connectivity index (χ1n) is 5.67. The topological polar surface area (TPSA) is 58.6 Å². The molecule has 0 spiro atoms. The molecule has 1 atom stereocenters. The first kappa shape index (κ1) is 14.4. The summed E-state index contributed by atoms with van der Waals surface area (Å²) in [6.45, 7) is 5.10. The van der Waals surface area contributed by atoms with E-state index in [1.165, 1.54) is 24.3 Å². The molecule has 0 heterocycles. The first-order chi connectivity index (χ1) is 8.31. The number of benzene rings is 1. The lowest BCUT2D eigenvalue weighted by atomic mass is 10.1. The van der Waals surface area contributed by atoms with Gasteiger partial charge in [-0.15, -0.1) is 0 Å². The number of nitrogens with one attached hydrogen (secondary N) is 1. The maximum absolute atomic E-state index is 12.8. The van der Waals surface area contributed by atoms with E-state index in [0.29, 0.717) is 5.56 Å². The van der Waals surface area contributed by atoms with Crippen molar-refractivity contribution >= 4 is 6.09 Å². The van der Waals surface area contributed by atoms with E-state index in [-0.39, 0.29) is 12.4 Å². The number of ether oxygens (including phenoxy) is 1. The van der Waals surface area contributed by atoms with Gasteiger partial charge in [0.2, 0.25) is 0 Å². The molecule has 4 nitrogen and oxygen atoms in total. The Labute approximate surface area is 106 Å². The van der Waals surface area contributed by atoms with Gasteiger partial charge in [-0.2, -0.15) is 0 Å². The van der Waals surface area contributed by atoms with Gasteiger partial charge < -0.3 is 15.2 Å². The quantitative estimate of drug-likeness (QED) is 0.871. The molecule has 18 heavy (non-hydrogen) atoms. The molecule has 100 valence electrons. The van der Waals surface area contributed by atoms with Crippen LogP contribution in [0.15, 0.2) is 24.3 Å². The maximum atomic E-state index is 12.8. The highest BCUT2D eigenvalue weighted by Gasteiger charge is 2.20. The molecule has 0 saturated carbocycles. The van der Waals surface area contributed by atoms with E-state index in [2.05, 4.69) is 5.32 Å². The van der Waals surface area contributed by atoms with E-state index in [1.54, 1.807) is 0 Å². The highest BCUT2D eigenvalue weighted by Crippen LogP contribution is 2.17. The SMILES string of the molecule is CC(C)(C)NC(=O)O[C@@H](CO)c1ccc(F)cc1. The van der Waals surface area contributed by atoms with Gasteiger partial charge in [0, 0.05) is 5.54 Å². The Morgan fingerprint density at radius 2 is 1.94 bits per heavy atom. The van der Waals surface area contributed by atoms with Crippen LogP contribution in [0.4, 0.5) is 9.18 Å². The lowest BCUT2D eigenvalue weighted by Crippen LogP contribution is -2.41. The summed E-state index contributed by atoms with van der Waals surface area (Å²) in [7, 11) is 0. The summed E-state index contributed by atoms with van der Waals surface area (Å²) in [4.78, 5) is 11.5. The molecule has 1 amide bonds. The minimum Gasteiger partial charge on any atom is -0.439 e. The van der Waals surface area contributed by atoms with Gasteiger partial charge >= 0.3 is 6.09 Å². The van der Waals surface area contributed by atoms with Gasteiger partial charge in [-0.3, -0.25) is 0 Å². The number of amides is 1. The van der Waals surface area contributed by atoms with Gasteiger partial charge in [-0.25, -0.2) is 9.18 Å². The first-order valence-corrected chi connectivity index (χ1v) is 5.67. The molecule has 1 aromatic carbocycles. The van der Waals surface area contributed by atoms with Crippen LogP contribution in [0.3, 0.4) is 0 Å². The summed E-state index contributed by atoms with van der Waals surface area (Å²) >= 11 is 0. The summed E-state index contributed by atoms with van der Waals surface area (Å²) in [5.74, 6) is -0.380. The maximum Gasteiger partial charge on any atom is 0.408 e. The Bertz CT molecular complexity index is 398. The number of aliphatic hydroxyl groups is 1. The average molecular weight is 255 g/mol. The van der Waals surface area contributed by atoms with Crippen molar-refractivity contribution in [1.82, 2.24) is 5.32 Å². The van der Waals surface area contributed by atoms with E-state index in [9.17, 15) is 14.3 Å². The molecule has 0 aliphatic heterocycles. The van der Waals surface area contributed by atoms with Crippen LogP contribution in [0, 0.1) is 5.82 Å². The third-order valence-electron chi connectivity index (χ3n) is 2.13. The Morgan fingerprint density at radius 1 is 1.39 bits per heavy atom. The van der Waals surface area contributed by atoms with Crippen molar-refractivity contribution < 1.29 is 19.0 Å². The third-order valence-corrected chi connectivity index (χ3v) is 2.13. The van der Waals surface area contributed by atoms with E-state index in [4.69, 9.17) is 4.74 Å². The summed E-state index contributed by atoms with van der Waals surface area (Å²) in [6.07, 6.45) is -1.42. The summed E-state index contributed by atoms with van der Waals surface area (Å²) < 4.78 is 17.8. The molecule has 0 aliphatic rings. The van der Waals surface area contributed by atoms with Crippen molar-refractivity contribution in [3.05, 3.63) is 35.6 Å². The average Bonchev–Trinajstić information content (AvgIpc) is 2.25. The fraction of sp³-hybridized carbons (Fsp3) is 0.462. The molecule has 0 bridgehead atoms. The van der Waals surface area contributed by atoms with Gasteiger partial charge in [-0.1, -0.05) is 12.1 Å². The molecule has 0 fully saturated rings. The number of rotatable bonds is 3. The Balaban J connectivity index is 2.68. The zero-order valence-electron chi connectivity index (χ0n) is 10.7. The van der Waals surface area contributed by atoms with Gasteiger partial charge in [0.25, 0.3) is 0 Å². The predicted molar refractivity (Wildman–Crippen MR) is 65.6 cm³/mol. The number of carbonyl (C=O) groups excluding carboxylic acids is 1. The van der Waals surface area contributed by atoms with Crippen LogP contribution >= 0.6 is 0 Å². The third kappa shape index (κ3) is 4.71. The number of aliphatic hydroxyl groups excluding tert-OH is 1. The minimum atomic E-state index is -0.798. The molecule has 0 saturated heterocycles. The van der Waals surface area contributed by atoms with Crippen LogP contribution in [0.5, 0.6) is 0 Å². The van der Waals surface area contributed by atoms with Crippen LogP contribution in [0.2, 0.25) is 0 Å². The molecule has 0 aromatic heterocycles. The van der Waals surface area contributed by atoms with Crippen molar-refractivity contribution in [3.8, 4) is 0 Å². The van der Waals surface area contributed by atoms with E-state index >= 15 is 0 Å². The van der Waals surface area contributed by atoms with Crippen LogP contribution in [0.25, 0.3) is 0 Å². The fourth-order valence-electron chi connectivity index (χ4n) is 1.35. The van der Waals surface area contributed by atoms with E-state index in [0.717, 1.165) is 0 Å². The van der Waals surface area contributed by atoms with Crippen molar-refractivity contribution in [2.45, 2.75) is 32.4 Å². The minimum absolute atomic E-state index is 0.358. The Morgan fingerprint density at radius 3 is 2.39 bits per heavy atom. The number of hydrogen-bond donors (Lipinski definition) is 2. The zero-order chi connectivity index (χ0) is 13.8. The standard InChI is InChI=1S/C13H18FNO3/c1-13(2,3)15-12(17)18-11(8-16)9-4-6-10(14)7-5-9/h4-7,11,16H,8H2,1-3H3,(H,15,17)/t11-/m0/s1. The highest BCUT2D eigenvalue weighted by molar-refractivity contribution is 5.68. The van der Waals surface area contributed by atoms with E-state index < -0.39 is 17.7 Å². The van der Waals surface area contributed by atoms with Crippen molar-refractivity contribution in [2.75, 3.05) is 6.61 Å². The van der Waals surface area contributed by atoms with Gasteiger partial charge in [0.1, 0.15) is 5.82 Å². The van der Waals surface area contributed by atoms with Gasteiger partial charge in [-0.05, 0) is 38.5 Å². The number of alkyl carbamates (subject to hydrolysis) is 1. The second-order valence-electron chi connectivity index (χ2n) is 5.00. The smallest absolute Gasteiger partial charge is 0.408 e. The molecular formula is C13H18FNO3. The molecule has 0 unspecified atom stereocenters. The summed E-state index contributed by atoms with van der Waals surface area (Å²) in [5, 5.41) is 11.8. The monoisotopic (exact) mass is 255 g/mol. The Hall–Kier alpha value is -1.62. The molecule has 0 radical (unpaired) electrons. The number of carbonyl (C=O) groups is 1. The largest absolute Gasteiger partial charge is 0.439 e. The van der Waals surface area contributed by atoms with E-state index in [1.807, 2.05) is 20.8 Å². The number of halogens is 1. The lowest BCUT2D eigenvalue weighted by molar-refractivity contribution is 0.0529. The summed E-state index contributed by atoms with van der Waals surface area (Å²) in [5.41, 5.74) is 0.128. The molecule has 5 heteroatoms. The molecule has 0 aliphatic carbocycles. The van der Waals surface area contributed by atoms with Crippen LogP contribution in [-0.2, 0) is 4.74 Å². The highest BCUT2D eigenvalue weighted by atomic mass is 19.1. The van der Waals surface area contributed by atoms with Crippen LogP contribution in [-0.4, -0.2) is 23.3 Å².